The van der Waals surface area contributed by atoms with Crippen molar-refractivity contribution >= 4 is 14.5 Å². The van der Waals surface area contributed by atoms with Gasteiger partial charge in [0.2, 0.25) is 0 Å². The summed E-state index contributed by atoms with van der Waals surface area (Å²) in [5.74, 6) is 0. The second-order valence-electron chi connectivity index (χ2n) is 0.447. The Balaban J connectivity index is 0. The van der Waals surface area contributed by atoms with E-state index in [2.05, 4.69) is 0 Å². The molecular weight excluding hydrogens is 198 g/mol. The van der Waals surface area contributed by atoms with E-state index in [-0.39, 0.29) is 16.8 Å². The largest absolute Gasteiger partial charge is 3.00 e. The Kier molecular flexibility index (Phi) is 4.69. The molecule has 4 nitrogen and oxygen atoms in total. The fourth-order valence-corrected chi connectivity index (χ4v) is 0. The normalized spacial score (nSPS) is 9.83. The Morgan fingerprint density at radius 3 is 1.17 bits per heavy atom. The van der Waals surface area contributed by atoms with Crippen LogP contribution in [-0.2, 0) is 20.5 Å². The molecular formula is AsCoO4. The van der Waals surface area contributed by atoms with Gasteiger partial charge in [-0.3, -0.25) is 0 Å². The molecule has 0 N–H and O–H groups in total. The van der Waals surface area contributed by atoms with Gasteiger partial charge in [-0.2, -0.15) is 0 Å². The molecule has 38 valence electrons. The fraction of sp³-hybridized carbons (Fsp3) is 0. The van der Waals surface area contributed by atoms with E-state index in [4.69, 9.17) is 16.0 Å². The summed E-state index contributed by atoms with van der Waals surface area (Å²) in [6.07, 6.45) is 0. The summed E-state index contributed by atoms with van der Waals surface area (Å²) in [5, 5.41) is 0. The minimum Gasteiger partial charge on any atom is 3.00 e. The molecule has 0 aliphatic heterocycles. The van der Waals surface area contributed by atoms with Gasteiger partial charge in [0, 0.05) is 0 Å². The SMILES string of the molecule is O=[As]([O-])([O-])[O-].[Co+3]. The predicted octanol–water partition coefficient (Wildman–Crippen LogP) is -4.07. The van der Waals surface area contributed by atoms with Gasteiger partial charge in [-0.25, -0.2) is 0 Å². The molecule has 0 aliphatic rings. The molecule has 6 heteroatoms. The van der Waals surface area contributed by atoms with Crippen LogP contribution in [0.5, 0.6) is 0 Å². The van der Waals surface area contributed by atoms with Crippen molar-refractivity contribution in [3.05, 3.63) is 0 Å². The fourth-order valence-electron chi connectivity index (χ4n) is 0. The Labute approximate surface area is 47.7 Å². The second-order valence-corrected chi connectivity index (χ2v) is 2.32. The van der Waals surface area contributed by atoms with E-state index < -0.39 is 14.5 Å². The van der Waals surface area contributed by atoms with E-state index in [9.17, 15) is 0 Å². The van der Waals surface area contributed by atoms with Crippen LogP contribution in [0.1, 0.15) is 0 Å². The van der Waals surface area contributed by atoms with Crippen molar-refractivity contribution < 1.29 is 32.8 Å². The number of hydrogen-bond donors (Lipinski definition) is 0. The molecule has 0 atom stereocenters. The van der Waals surface area contributed by atoms with Gasteiger partial charge in [-0.15, -0.1) is 0 Å². The summed E-state index contributed by atoms with van der Waals surface area (Å²) in [7, 11) is 0. The summed E-state index contributed by atoms with van der Waals surface area (Å²) in [5.41, 5.74) is 0. The summed E-state index contributed by atoms with van der Waals surface area (Å²) in [6, 6.07) is 0. The van der Waals surface area contributed by atoms with Crippen molar-refractivity contribution in [2.45, 2.75) is 0 Å². The maximum absolute atomic E-state index is 8.61. The van der Waals surface area contributed by atoms with Crippen LogP contribution >= 0.6 is 0 Å². The second kappa shape index (κ2) is 2.84. The van der Waals surface area contributed by atoms with Crippen molar-refractivity contribution in [3.63, 3.8) is 0 Å². The molecule has 0 aromatic carbocycles. The van der Waals surface area contributed by atoms with Gasteiger partial charge >= 0.3 is 47.3 Å². The van der Waals surface area contributed by atoms with Crippen LogP contribution in [0.3, 0.4) is 0 Å². The Morgan fingerprint density at radius 2 is 1.17 bits per heavy atom. The van der Waals surface area contributed by atoms with E-state index in [1.165, 1.54) is 0 Å². The maximum atomic E-state index is 8.61. The molecule has 0 radical (unpaired) electrons. The van der Waals surface area contributed by atoms with Gasteiger partial charge in [0.05, 0.1) is 0 Å². The molecule has 0 spiro atoms. The zero-order chi connectivity index (χ0) is 4.50. The Bertz CT molecular complexity index is 53.7. The van der Waals surface area contributed by atoms with Crippen LogP contribution in [0.2, 0.25) is 0 Å². The molecule has 0 aromatic rings. The van der Waals surface area contributed by atoms with Crippen molar-refractivity contribution in [1.82, 2.24) is 0 Å². The first-order chi connectivity index (χ1) is 2.00. The van der Waals surface area contributed by atoms with Gasteiger partial charge in [0.25, 0.3) is 0 Å². The Morgan fingerprint density at radius 1 is 1.17 bits per heavy atom. The summed E-state index contributed by atoms with van der Waals surface area (Å²) in [6.45, 7) is 0. The van der Waals surface area contributed by atoms with Crippen LogP contribution < -0.4 is 12.3 Å². The number of hydrogen-bond acceptors (Lipinski definition) is 4. The predicted molar refractivity (Wildman–Crippen MR) is 6.44 cm³/mol. The summed E-state index contributed by atoms with van der Waals surface area (Å²) >= 11 is -5.88. The van der Waals surface area contributed by atoms with E-state index in [0.717, 1.165) is 0 Å². The van der Waals surface area contributed by atoms with Crippen LogP contribution in [0.15, 0.2) is 0 Å². The van der Waals surface area contributed by atoms with Gasteiger partial charge in [-0.1, -0.05) is 0 Å². The first-order valence-electron chi connectivity index (χ1n) is 0.730. The molecule has 0 saturated heterocycles. The van der Waals surface area contributed by atoms with Gasteiger partial charge < -0.3 is 0 Å². The number of rotatable bonds is 0. The molecule has 0 fully saturated rings. The molecule has 0 unspecified atom stereocenters. The zero-order valence-electron chi connectivity index (χ0n) is 2.41. The van der Waals surface area contributed by atoms with E-state index >= 15 is 0 Å². The summed E-state index contributed by atoms with van der Waals surface area (Å²) < 4.78 is 34.4. The molecule has 0 rings (SSSR count). The first kappa shape index (κ1) is 9.89. The van der Waals surface area contributed by atoms with Crippen molar-refractivity contribution in [1.29, 1.82) is 0 Å². The minimum atomic E-state index is -5.88. The van der Waals surface area contributed by atoms with Gasteiger partial charge in [0.15, 0.2) is 0 Å². The van der Waals surface area contributed by atoms with Crippen molar-refractivity contribution in [2.24, 2.45) is 0 Å². The minimum absolute atomic E-state index is 0. The van der Waals surface area contributed by atoms with Gasteiger partial charge in [0.1, 0.15) is 0 Å². The molecule has 0 heterocycles. The zero-order valence-corrected chi connectivity index (χ0v) is 5.33. The monoisotopic (exact) mass is 198 g/mol. The van der Waals surface area contributed by atoms with E-state index in [0.29, 0.717) is 0 Å². The average Bonchev–Trinajstić information content (AvgIpc) is 0.722. The topological polar surface area (TPSA) is 86.2 Å². The van der Waals surface area contributed by atoms with Crippen LogP contribution in [-0.4, -0.2) is 14.5 Å². The van der Waals surface area contributed by atoms with Crippen molar-refractivity contribution in [2.75, 3.05) is 0 Å². The smallest absolute Gasteiger partial charge is 3.00 e. The first-order valence-corrected chi connectivity index (χ1v) is 3.79. The quantitative estimate of drug-likeness (QED) is 0.370. The van der Waals surface area contributed by atoms with Gasteiger partial charge in [-0.05, 0) is 0 Å². The molecule has 0 bridgehead atoms. The molecule has 6 heavy (non-hydrogen) atoms. The molecule has 0 aromatic heterocycles. The van der Waals surface area contributed by atoms with E-state index in [1.54, 1.807) is 0 Å². The third-order valence-electron chi connectivity index (χ3n) is 0. The van der Waals surface area contributed by atoms with E-state index in [1.807, 2.05) is 0 Å². The van der Waals surface area contributed by atoms with Crippen LogP contribution in [0.25, 0.3) is 0 Å². The van der Waals surface area contributed by atoms with Crippen LogP contribution in [0, 0.1) is 0 Å². The van der Waals surface area contributed by atoms with Crippen molar-refractivity contribution in [3.8, 4) is 0 Å². The summed E-state index contributed by atoms with van der Waals surface area (Å²) in [4.78, 5) is 0. The molecule has 0 aliphatic carbocycles. The standard InChI is InChI=1S/AsH3O4.Co/c2-1(3,4)5;/h(H3,2,3,4,5);/q;+3/p-3. The molecule has 0 amide bonds. The Hall–Kier alpha value is 0.745. The average molecular weight is 198 g/mol. The molecule has 0 saturated carbocycles. The third-order valence-corrected chi connectivity index (χ3v) is 0. The maximum Gasteiger partial charge on any atom is 3.00 e. The van der Waals surface area contributed by atoms with Crippen LogP contribution in [0.4, 0.5) is 0 Å². The third kappa shape index (κ3) is 120.